The average molecular weight is 370 g/mol. The van der Waals surface area contributed by atoms with Gasteiger partial charge >= 0.3 is 5.97 Å². The van der Waals surface area contributed by atoms with Crippen LogP contribution < -0.4 is 14.9 Å². The van der Waals surface area contributed by atoms with Crippen molar-refractivity contribution in [2.24, 2.45) is 5.10 Å². The second kappa shape index (κ2) is 10.9. The van der Waals surface area contributed by atoms with E-state index in [9.17, 15) is 4.79 Å². The number of unbranched alkanes of at least 4 members (excludes halogenated alkanes) is 3. The highest BCUT2D eigenvalue weighted by Gasteiger charge is 2.05. The zero-order valence-corrected chi connectivity index (χ0v) is 15.8. The Bertz CT molecular complexity index is 757. The van der Waals surface area contributed by atoms with E-state index in [0.717, 1.165) is 17.7 Å². The van der Waals surface area contributed by atoms with E-state index in [1.54, 1.807) is 25.5 Å². The van der Waals surface area contributed by atoms with E-state index in [1.165, 1.54) is 31.4 Å². The molecule has 2 N–H and O–H groups in total. The minimum Gasteiger partial charge on any atom is -0.493 e. The number of anilines is 1. The van der Waals surface area contributed by atoms with Crippen LogP contribution in [-0.4, -0.2) is 31.0 Å². The monoisotopic (exact) mass is 370 g/mol. The topological polar surface area (TPSA) is 80.2 Å². The number of rotatable bonds is 11. The van der Waals surface area contributed by atoms with E-state index in [2.05, 4.69) is 17.5 Å². The molecule has 0 radical (unpaired) electrons. The zero-order chi connectivity index (χ0) is 19.5. The predicted octanol–water partition coefficient (Wildman–Crippen LogP) is 4.80. The van der Waals surface area contributed by atoms with Gasteiger partial charge in [-0.05, 0) is 54.4 Å². The SMILES string of the molecule is CCCCCCOc1ccc(/C=N/Nc2ccc(C(=O)O)cc2)cc1OC. The molecule has 0 bridgehead atoms. The van der Waals surface area contributed by atoms with Gasteiger partial charge in [0.1, 0.15) is 0 Å². The Kier molecular flexibility index (Phi) is 8.16. The van der Waals surface area contributed by atoms with Gasteiger partial charge in [0.2, 0.25) is 0 Å². The Morgan fingerprint density at radius 2 is 1.89 bits per heavy atom. The maximum absolute atomic E-state index is 10.8. The number of benzene rings is 2. The highest BCUT2D eigenvalue weighted by molar-refractivity contribution is 5.88. The first-order chi connectivity index (χ1) is 13.1. The number of carbonyl (C=O) groups is 1. The number of carboxylic acid groups (broad SMARTS) is 1. The second-order valence-electron chi connectivity index (χ2n) is 6.07. The van der Waals surface area contributed by atoms with Crippen LogP contribution in [0.4, 0.5) is 5.69 Å². The van der Waals surface area contributed by atoms with Crippen LogP contribution in [0.3, 0.4) is 0 Å². The molecule has 0 saturated heterocycles. The third-order valence-corrected chi connectivity index (χ3v) is 3.98. The number of carboxylic acids is 1. The first-order valence-electron chi connectivity index (χ1n) is 9.07. The molecule has 0 aliphatic heterocycles. The van der Waals surface area contributed by atoms with Crippen molar-refractivity contribution in [2.45, 2.75) is 32.6 Å². The molecule has 6 heteroatoms. The number of ether oxygens (including phenoxy) is 2. The normalized spacial score (nSPS) is 10.7. The van der Waals surface area contributed by atoms with Gasteiger partial charge in [-0.25, -0.2) is 4.79 Å². The summed E-state index contributed by atoms with van der Waals surface area (Å²) < 4.78 is 11.2. The molecule has 144 valence electrons. The van der Waals surface area contributed by atoms with Crippen molar-refractivity contribution in [1.82, 2.24) is 0 Å². The molecule has 27 heavy (non-hydrogen) atoms. The van der Waals surface area contributed by atoms with Gasteiger partial charge in [0.15, 0.2) is 11.5 Å². The zero-order valence-electron chi connectivity index (χ0n) is 15.8. The fraction of sp³-hybridized carbons (Fsp3) is 0.333. The number of nitrogens with zero attached hydrogens (tertiary/aromatic N) is 1. The Labute approximate surface area is 159 Å². The van der Waals surface area contributed by atoms with Gasteiger partial charge in [-0.15, -0.1) is 0 Å². The summed E-state index contributed by atoms with van der Waals surface area (Å²) in [6.07, 6.45) is 6.29. The van der Waals surface area contributed by atoms with E-state index < -0.39 is 5.97 Å². The predicted molar refractivity (Wildman–Crippen MR) is 107 cm³/mol. The molecule has 0 unspecified atom stereocenters. The molecule has 0 aliphatic rings. The van der Waals surface area contributed by atoms with Crippen LogP contribution in [0.2, 0.25) is 0 Å². The van der Waals surface area contributed by atoms with Gasteiger partial charge in [-0.3, -0.25) is 5.43 Å². The minimum atomic E-state index is -0.954. The first kappa shape index (κ1) is 20.3. The van der Waals surface area contributed by atoms with Crippen molar-refractivity contribution in [3.63, 3.8) is 0 Å². The molecule has 0 fully saturated rings. The second-order valence-corrected chi connectivity index (χ2v) is 6.07. The molecule has 0 aromatic heterocycles. The van der Waals surface area contributed by atoms with Crippen LogP contribution in [0.1, 0.15) is 48.5 Å². The number of methoxy groups -OCH3 is 1. The summed E-state index contributed by atoms with van der Waals surface area (Å²) in [6.45, 7) is 2.86. The fourth-order valence-electron chi connectivity index (χ4n) is 2.46. The van der Waals surface area contributed by atoms with Crippen LogP contribution >= 0.6 is 0 Å². The molecule has 2 aromatic carbocycles. The van der Waals surface area contributed by atoms with Crippen molar-refractivity contribution in [3.8, 4) is 11.5 Å². The summed E-state index contributed by atoms with van der Waals surface area (Å²) in [4.78, 5) is 10.8. The van der Waals surface area contributed by atoms with Crippen molar-refractivity contribution in [2.75, 3.05) is 19.1 Å². The highest BCUT2D eigenvalue weighted by atomic mass is 16.5. The van der Waals surface area contributed by atoms with E-state index in [4.69, 9.17) is 14.6 Å². The number of aromatic carboxylic acids is 1. The number of hydrogen-bond donors (Lipinski definition) is 2. The Balaban J connectivity index is 1.91. The summed E-state index contributed by atoms with van der Waals surface area (Å²) in [7, 11) is 1.61. The van der Waals surface area contributed by atoms with Crippen molar-refractivity contribution >= 4 is 17.9 Å². The summed E-state index contributed by atoms with van der Waals surface area (Å²) in [5.41, 5.74) is 4.67. The van der Waals surface area contributed by atoms with Gasteiger partial charge < -0.3 is 14.6 Å². The number of hydrazone groups is 1. The van der Waals surface area contributed by atoms with E-state index in [-0.39, 0.29) is 5.56 Å². The Morgan fingerprint density at radius 1 is 1.11 bits per heavy atom. The van der Waals surface area contributed by atoms with Gasteiger partial charge in [0.25, 0.3) is 0 Å². The molecular formula is C21H26N2O4. The van der Waals surface area contributed by atoms with Crippen LogP contribution in [0, 0.1) is 0 Å². The molecule has 0 saturated carbocycles. The quantitative estimate of drug-likeness (QED) is 0.337. The maximum atomic E-state index is 10.8. The number of nitrogens with one attached hydrogen (secondary N) is 1. The molecule has 2 aromatic rings. The van der Waals surface area contributed by atoms with Gasteiger partial charge in [-0.2, -0.15) is 5.10 Å². The summed E-state index contributed by atoms with van der Waals surface area (Å²) in [5.74, 6) is 0.438. The summed E-state index contributed by atoms with van der Waals surface area (Å²) in [6, 6.07) is 12.0. The van der Waals surface area contributed by atoms with Crippen LogP contribution in [0.15, 0.2) is 47.6 Å². The average Bonchev–Trinajstić information content (AvgIpc) is 2.69. The molecular weight excluding hydrogens is 344 g/mol. The third kappa shape index (κ3) is 6.66. The van der Waals surface area contributed by atoms with Crippen LogP contribution in [0.25, 0.3) is 0 Å². The third-order valence-electron chi connectivity index (χ3n) is 3.98. The van der Waals surface area contributed by atoms with Crippen LogP contribution in [0.5, 0.6) is 11.5 Å². The maximum Gasteiger partial charge on any atom is 0.335 e. The lowest BCUT2D eigenvalue weighted by molar-refractivity contribution is 0.0697. The Hall–Kier alpha value is -3.02. The lowest BCUT2D eigenvalue weighted by atomic mass is 10.2. The lowest BCUT2D eigenvalue weighted by Crippen LogP contribution is -2.00. The van der Waals surface area contributed by atoms with E-state index in [1.807, 2.05) is 18.2 Å². The van der Waals surface area contributed by atoms with Crippen molar-refractivity contribution in [3.05, 3.63) is 53.6 Å². The largest absolute Gasteiger partial charge is 0.493 e. The Morgan fingerprint density at radius 3 is 2.56 bits per heavy atom. The first-order valence-corrected chi connectivity index (χ1v) is 9.07. The van der Waals surface area contributed by atoms with Crippen molar-refractivity contribution < 1.29 is 19.4 Å². The lowest BCUT2D eigenvalue weighted by Gasteiger charge is -2.11. The summed E-state index contributed by atoms with van der Waals surface area (Å²) in [5, 5.41) is 13.1. The molecule has 0 atom stereocenters. The molecule has 0 amide bonds. The van der Waals surface area contributed by atoms with E-state index in [0.29, 0.717) is 18.0 Å². The van der Waals surface area contributed by atoms with Gasteiger partial charge in [0.05, 0.1) is 31.2 Å². The number of hydrogen-bond acceptors (Lipinski definition) is 5. The summed E-state index contributed by atoms with van der Waals surface area (Å²) >= 11 is 0. The molecule has 2 rings (SSSR count). The molecule has 0 spiro atoms. The van der Waals surface area contributed by atoms with E-state index >= 15 is 0 Å². The molecule has 0 heterocycles. The fourth-order valence-corrected chi connectivity index (χ4v) is 2.46. The van der Waals surface area contributed by atoms with Crippen LogP contribution in [-0.2, 0) is 0 Å². The minimum absolute atomic E-state index is 0.236. The molecule has 0 aliphatic carbocycles. The van der Waals surface area contributed by atoms with Gasteiger partial charge in [-0.1, -0.05) is 26.2 Å². The van der Waals surface area contributed by atoms with Gasteiger partial charge in [0, 0.05) is 0 Å². The highest BCUT2D eigenvalue weighted by Crippen LogP contribution is 2.27. The molecule has 6 nitrogen and oxygen atoms in total. The van der Waals surface area contributed by atoms with Crippen molar-refractivity contribution in [1.29, 1.82) is 0 Å². The standard InChI is InChI=1S/C21H26N2O4/c1-3-4-5-6-13-27-19-12-7-16(14-20(19)26-2)15-22-23-18-10-8-17(9-11-18)21(24)25/h7-12,14-15,23H,3-6,13H2,1-2H3,(H,24,25)/b22-15+. The smallest absolute Gasteiger partial charge is 0.335 e.